The number of rotatable bonds is 10. The Balaban J connectivity index is 1.29. The maximum Gasteiger partial charge on any atom is 0.407 e. The van der Waals surface area contributed by atoms with Crippen molar-refractivity contribution in [2.75, 3.05) is 26.5 Å². The van der Waals surface area contributed by atoms with E-state index in [4.69, 9.17) is 23.9 Å². The number of fused-ring (bicyclic) bond motifs is 3. The molecular formula is C43H56N6O10S2. The first-order valence-corrected chi connectivity index (χ1v) is 23.7. The van der Waals surface area contributed by atoms with Crippen molar-refractivity contribution >= 4 is 56.1 Å². The van der Waals surface area contributed by atoms with Crippen molar-refractivity contribution in [1.82, 2.24) is 30.2 Å². The summed E-state index contributed by atoms with van der Waals surface area (Å²) < 4.78 is 50.9. The normalized spacial score (nSPS) is 26.0. The van der Waals surface area contributed by atoms with Gasteiger partial charge in [0.1, 0.15) is 41.8 Å². The number of amides is 4. The number of aryl methyl sites for hydroxylation is 2. The molecule has 3 N–H and O–H groups in total. The third kappa shape index (κ3) is 10.2. The number of thiazole rings is 1. The van der Waals surface area contributed by atoms with Crippen LogP contribution in [0, 0.1) is 24.2 Å². The minimum absolute atomic E-state index is 0.0112. The van der Waals surface area contributed by atoms with Crippen molar-refractivity contribution in [1.29, 1.82) is 0 Å². The lowest BCUT2D eigenvalue weighted by Gasteiger charge is -2.35. The number of alkyl carbamates (subject to hydrolysis) is 1. The number of methoxy groups -OCH3 is 1. The maximum absolute atomic E-state index is 15.0. The molecule has 1 aromatic carbocycles. The highest BCUT2D eigenvalue weighted by Crippen LogP contribution is 2.45. The summed E-state index contributed by atoms with van der Waals surface area (Å²) in [6, 6.07) is 3.36. The Hall–Kier alpha value is -4.97. The summed E-state index contributed by atoms with van der Waals surface area (Å²) in [5.74, 6) is -1.47. The van der Waals surface area contributed by atoms with Crippen LogP contribution in [0.25, 0.3) is 10.9 Å². The van der Waals surface area contributed by atoms with Gasteiger partial charge in [0.05, 0.1) is 42.7 Å². The molecule has 4 amide bonds. The Kier molecular flexibility index (Phi) is 12.9. The first-order chi connectivity index (χ1) is 29.0. The molecule has 4 bridgehead atoms. The molecule has 3 aromatic rings. The first kappa shape index (κ1) is 44.1. The van der Waals surface area contributed by atoms with Gasteiger partial charge in [0, 0.05) is 35.2 Å². The van der Waals surface area contributed by atoms with E-state index in [0.29, 0.717) is 41.7 Å². The number of hydrogen-bond acceptors (Lipinski definition) is 13. The molecule has 2 aliphatic carbocycles. The quantitative estimate of drug-likeness (QED) is 0.228. The van der Waals surface area contributed by atoms with E-state index < -0.39 is 68.9 Å². The van der Waals surface area contributed by atoms with E-state index in [0.717, 1.165) is 54.6 Å². The molecule has 4 aliphatic rings. The zero-order valence-electron chi connectivity index (χ0n) is 35.4. The van der Waals surface area contributed by atoms with Gasteiger partial charge < -0.3 is 34.5 Å². The Morgan fingerprint density at radius 1 is 1.13 bits per heavy atom. The van der Waals surface area contributed by atoms with Crippen molar-refractivity contribution in [2.45, 2.75) is 115 Å². The second-order valence-corrected chi connectivity index (χ2v) is 20.4. The summed E-state index contributed by atoms with van der Waals surface area (Å²) in [4.78, 5) is 67.3. The average molecular weight is 881 g/mol. The molecule has 16 nitrogen and oxygen atoms in total. The van der Waals surface area contributed by atoms with Crippen LogP contribution >= 0.6 is 11.3 Å². The van der Waals surface area contributed by atoms with Gasteiger partial charge in [0.15, 0.2) is 0 Å². The highest BCUT2D eigenvalue weighted by molar-refractivity contribution is 7.89. The summed E-state index contributed by atoms with van der Waals surface area (Å²) >= 11 is 1.51. The second kappa shape index (κ2) is 17.8. The van der Waals surface area contributed by atoms with Crippen LogP contribution in [0.15, 0.2) is 36.2 Å². The van der Waals surface area contributed by atoms with Gasteiger partial charge >= 0.3 is 6.09 Å². The molecule has 0 spiro atoms. The number of ether oxygens (including phenoxy) is 4. The average Bonchev–Trinajstić information content (AvgIpc) is 3.51. The molecule has 4 heterocycles. The van der Waals surface area contributed by atoms with Crippen molar-refractivity contribution in [2.24, 2.45) is 17.3 Å². The van der Waals surface area contributed by atoms with Crippen LogP contribution in [-0.4, -0.2) is 97.3 Å². The molecule has 18 heteroatoms. The van der Waals surface area contributed by atoms with E-state index in [1.54, 1.807) is 13.2 Å². The molecule has 7 rings (SSSR count). The summed E-state index contributed by atoms with van der Waals surface area (Å²) in [5, 5.41) is 9.21. The Morgan fingerprint density at radius 3 is 2.57 bits per heavy atom. The fourth-order valence-electron chi connectivity index (χ4n) is 8.86. The molecule has 2 saturated carbocycles. The molecule has 330 valence electrons. The highest BCUT2D eigenvalue weighted by atomic mass is 32.2. The van der Waals surface area contributed by atoms with E-state index in [1.165, 1.54) is 22.3 Å². The van der Waals surface area contributed by atoms with Crippen LogP contribution < -0.4 is 29.6 Å². The van der Waals surface area contributed by atoms with Crippen molar-refractivity contribution in [3.05, 3.63) is 52.5 Å². The van der Waals surface area contributed by atoms with E-state index in [-0.39, 0.29) is 44.4 Å². The lowest BCUT2D eigenvalue weighted by atomic mass is 9.83. The van der Waals surface area contributed by atoms with Crippen LogP contribution in [0.4, 0.5) is 4.79 Å². The van der Waals surface area contributed by atoms with Gasteiger partial charge in [-0.2, -0.15) is 0 Å². The molecule has 5 atom stereocenters. The van der Waals surface area contributed by atoms with Crippen LogP contribution in [0.3, 0.4) is 0 Å². The summed E-state index contributed by atoms with van der Waals surface area (Å²) in [6.45, 7) is 9.99. The first-order valence-electron chi connectivity index (χ1n) is 20.9. The largest absolute Gasteiger partial charge is 0.496 e. The van der Waals surface area contributed by atoms with Gasteiger partial charge in [-0.3, -0.25) is 19.1 Å². The summed E-state index contributed by atoms with van der Waals surface area (Å²) in [7, 11) is -2.36. The third-order valence-corrected chi connectivity index (χ3v) is 13.6. The summed E-state index contributed by atoms with van der Waals surface area (Å²) in [5.41, 5.74) is 0.231. The van der Waals surface area contributed by atoms with Crippen molar-refractivity contribution in [3.63, 3.8) is 0 Å². The van der Waals surface area contributed by atoms with Gasteiger partial charge in [0.2, 0.25) is 27.7 Å². The number of nitrogens with zero attached hydrogens (tertiary/aromatic N) is 3. The minimum atomic E-state index is -3.96. The van der Waals surface area contributed by atoms with Crippen molar-refractivity contribution in [3.8, 4) is 17.4 Å². The van der Waals surface area contributed by atoms with E-state index in [9.17, 15) is 27.6 Å². The SMILES string of the molecule is C=C[C@@H]1C[C@]1(NC(=O)[C@@H]1C[C@@H]2CN1C(=O)[C@H](C1CCCCC1)NC(=O)OCC(C)(C)CCCc1cc3c(cc(OCc4csc(C)n4)nc3cc1OC)O2)C(=O)NS(C)(=O)=O. The van der Waals surface area contributed by atoms with Gasteiger partial charge in [-0.25, -0.2) is 23.2 Å². The Labute approximate surface area is 360 Å². The molecule has 61 heavy (non-hydrogen) atoms. The van der Waals surface area contributed by atoms with Gasteiger partial charge in [-0.15, -0.1) is 17.9 Å². The maximum atomic E-state index is 15.0. The monoisotopic (exact) mass is 880 g/mol. The standard InChI is InChI=1S/C43H56N6O10S2/c1-7-28-20-43(28,40(52)48-61(6,54)55)47-38(50)33-17-30-21-49(33)39(51)37(26-12-9-8-10-13-26)46-41(53)58-24-42(3,4)15-11-14-27-16-31-32(18-34(27)56-5)45-36(19-35(31)59-30)57-22-29-23-60-25(2)44-29/h7,16,18-19,23,26,28,30,33,37H,1,8-15,17,20-22,24H2,2-6H3,(H,46,53)(H,47,50)(H,48,52)/t28-,30-,33+,37+,43-/m1/s1. The van der Waals surface area contributed by atoms with Crippen LogP contribution in [0.2, 0.25) is 0 Å². The van der Waals surface area contributed by atoms with Gasteiger partial charge in [-0.05, 0) is 68.4 Å². The van der Waals surface area contributed by atoms with Crippen LogP contribution in [0.1, 0.15) is 87.9 Å². The molecular weight excluding hydrogens is 825 g/mol. The lowest BCUT2D eigenvalue weighted by molar-refractivity contribution is -0.142. The number of cyclic esters (lactones) is 1. The van der Waals surface area contributed by atoms with Crippen LogP contribution in [0.5, 0.6) is 17.4 Å². The number of nitrogens with one attached hydrogen (secondary N) is 3. The fourth-order valence-corrected chi connectivity index (χ4v) is 9.98. The Morgan fingerprint density at radius 2 is 1.90 bits per heavy atom. The molecule has 2 aromatic heterocycles. The van der Waals surface area contributed by atoms with Crippen molar-refractivity contribution < 1.29 is 46.5 Å². The smallest absolute Gasteiger partial charge is 0.407 e. The predicted molar refractivity (Wildman–Crippen MR) is 228 cm³/mol. The number of benzene rings is 1. The number of aromatic nitrogens is 2. The third-order valence-electron chi connectivity index (χ3n) is 12.2. The molecule has 1 saturated heterocycles. The number of carbonyl (C=O) groups is 4. The fraction of sp³-hybridized carbons (Fsp3) is 0.581. The number of pyridine rings is 1. The minimum Gasteiger partial charge on any atom is -0.496 e. The number of sulfonamides is 1. The van der Waals surface area contributed by atoms with E-state index in [1.807, 2.05) is 43.0 Å². The number of hydrogen-bond donors (Lipinski definition) is 3. The predicted octanol–water partition coefficient (Wildman–Crippen LogP) is 5.11. The van der Waals surface area contributed by atoms with Gasteiger partial charge in [-0.1, -0.05) is 39.2 Å². The molecule has 2 aliphatic heterocycles. The highest BCUT2D eigenvalue weighted by Gasteiger charge is 2.61. The van der Waals surface area contributed by atoms with E-state index >= 15 is 0 Å². The van der Waals surface area contributed by atoms with E-state index in [2.05, 4.69) is 22.2 Å². The summed E-state index contributed by atoms with van der Waals surface area (Å²) in [6.07, 6.45) is 7.29. The zero-order valence-corrected chi connectivity index (χ0v) is 37.0. The topological polar surface area (TPSA) is 204 Å². The van der Waals surface area contributed by atoms with Crippen LogP contribution in [-0.2, 0) is 42.2 Å². The molecule has 0 radical (unpaired) electrons. The zero-order chi connectivity index (χ0) is 43.7. The Bertz CT molecular complexity index is 2290. The number of carbonyl (C=O) groups excluding carboxylic acids is 4. The van der Waals surface area contributed by atoms with Gasteiger partial charge in [0.25, 0.3) is 5.91 Å². The lowest BCUT2D eigenvalue weighted by Crippen LogP contribution is -2.59. The molecule has 0 unspecified atom stereocenters. The molecule has 3 fully saturated rings. The second-order valence-electron chi connectivity index (χ2n) is 17.6.